The van der Waals surface area contributed by atoms with E-state index in [0.29, 0.717) is 28.1 Å². The number of hydrogen-bond acceptors (Lipinski definition) is 3. The summed E-state index contributed by atoms with van der Waals surface area (Å²) in [4.78, 5) is 12.3. The van der Waals surface area contributed by atoms with Gasteiger partial charge < -0.3 is 4.74 Å². The van der Waals surface area contributed by atoms with Gasteiger partial charge in [0.25, 0.3) is 0 Å². The maximum absolute atomic E-state index is 6.85. The van der Waals surface area contributed by atoms with Gasteiger partial charge in [-0.3, -0.25) is 0 Å². The van der Waals surface area contributed by atoms with E-state index in [1.807, 2.05) is 0 Å². The highest BCUT2D eigenvalue weighted by Crippen LogP contribution is 2.78. The second-order valence-electron chi connectivity index (χ2n) is 15.3. The molecule has 2 saturated heterocycles. The Morgan fingerprint density at radius 2 is 1.36 bits per heavy atom. The van der Waals surface area contributed by atoms with Crippen molar-refractivity contribution in [2.75, 3.05) is 0 Å². The van der Waals surface area contributed by atoms with Crippen molar-refractivity contribution in [3.05, 3.63) is 0 Å². The molecule has 4 aliphatic carbocycles. The Kier molecular flexibility index (Phi) is 4.80. The average Bonchev–Trinajstić information content (AvgIpc) is 3.29. The topological polar surface area (TPSA) is 27.7 Å². The highest BCUT2D eigenvalue weighted by molar-refractivity contribution is 5.20. The predicted molar refractivity (Wildman–Crippen MR) is 131 cm³/mol. The molecular weight excluding hydrogens is 408 g/mol. The van der Waals surface area contributed by atoms with Gasteiger partial charge in [-0.05, 0) is 96.7 Å². The molecule has 4 saturated carbocycles. The molecule has 33 heavy (non-hydrogen) atoms. The van der Waals surface area contributed by atoms with E-state index in [1.165, 1.54) is 51.4 Å². The zero-order valence-corrected chi connectivity index (χ0v) is 22.8. The first kappa shape index (κ1) is 23.3. The molecule has 6 fully saturated rings. The molecule has 3 heteroatoms. The molecule has 1 spiro atoms. The van der Waals surface area contributed by atoms with Gasteiger partial charge in [-0.25, -0.2) is 4.89 Å². The molecule has 2 heterocycles. The number of rotatable bonds is 1. The third-order valence-electron chi connectivity index (χ3n) is 13.7. The van der Waals surface area contributed by atoms with E-state index >= 15 is 0 Å². The standard InChI is InChI=1S/C30H50O3/c1-19(2)20-11-12-21-26(20,5)14-16-29(8)23-18-24-31-30(33-32-24)22(10-9-13-25(30,3)4)27(23,6)15-17-28(21,29)7/h19-24H,9-18H2,1-8H3. The van der Waals surface area contributed by atoms with Gasteiger partial charge in [0.2, 0.25) is 5.79 Å². The zero-order chi connectivity index (χ0) is 23.7. The number of hydrogen-bond donors (Lipinski definition) is 0. The predicted octanol–water partition coefficient (Wildman–Crippen LogP) is 8.13. The van der Waals surface area contributed by atoms with Crippen molar-refractivity contribution in [2.45, 2.75) is 132 Å². The van der Waals surface area contributed by atoms with Crippen LogP contribution in [0, 0.1) is 56.7 Å². The summed E-state index contributed by atoms with van der Waals surface area (Å²) in [5.41, 5.74) is 1.52. The van der Waals surface area contributed by atoms with Crippen LogP contribution in [0.25, 0.3) is 0 Å². The van der Waals surface area contributed by atoms with Gasteiger partial charge in [0, 0.05) is 17.8 Å². The Morgan fingerprint density at radius 1 is 0.697 bits per heavy atom. The summed E-state index contributed by atoms with van der Waals surface area (Å²) in [6, 6.07) is 0. The Labute approximate surface area is 203 Å². The van der Waals surface area contributed by atoms with Crippen molar-refractivity contribution in [1.29, 1.82) is 0 Å². The largest absolute Gasteiger partial charge is 0.314 e. The lowest BCUT2D eigenvalue weighted by Crippen LogP contribution is -2.66. The lowest BCUT2D eigenvalue weighted by molar-refractivity contribution is -0.404. The van der Waals surface area contributed by atoms with E-state index in [4.69, 9.17) is 14.5 Å². The molecule has 2 bridgehead atoms. The number of fused-ring (bicyclic) bond motifs is 7. The summed E-state index contributed by atoms with van der Waals surface area (Å²) >= 11 is 0. The molecule has 6 rings (SSSR count). The van der Waals surface area contributed by atoms with Crippen LogP contribution in [-0.4, -0.2) is 12.1 Å². The summed E-state index contributed by atoms with van der Waals surface area (Å²) in [5.74, 6) is 3.05. The molecule has 3 nitrogen and oxygen atoms in total. The lowest BCUT2D eigenvalue weighted by Gasteiger charge is -2.70. The fourth-order valence-corrected chi connectivity index (χ4v) is 11.8. The SMILES string of the molecule is CC(C)C1CCC2C1(C)CCC1(C)C3CC4OOC5(O4)C(CCCC5(C)C)C3(C)CCC21C. The van der Waals surface area contributed by atoms with Gasteiger partial charge in [-0.2, -0.15) is 4.89 Å². The van der Waals surface area contributed by atoms with Crippen molar-refractivity contribution >= 4 is 0 Å². The average molecular weight is 459 g/mol. The first-order valence-electron chi connectivity index (χ1n) is 14.4. The molecule has 0 radical (unpaired) electrons. The molecule has 0 aromatic carbocycles. The summed E-state index contributed by atoms with van der Waals surface area (Å²) in [6.07, 6.45) is 12.8. The van der Waals surface area contributed by atoms with Crippen LogP contribution in [0.15, 0.2) is 0 Å². The van der Waals surface area contributed by atoms with Gasteiger partial charge in [-0.1, -0.05) is 61.8 Å². The molecule has 0 aromatic heterocycles. The molecule has 188 valence electrons. The summed E-state index contributed by atoms with van der Waals surface area (Å²) < 4.78 is 6.85. The van der Waals surface area contributed by atoms with Gasteiger partial charge in [0.1, 0.15) is 0 Å². The second kappa shape index (κ2) is 6.80. The van der Waals surface area contributed by atoms with Crippen molar-refractivity contribution in [2.24, 2.45) is 56.7 Å². The van der Waals surface area contributed by atoms with Crippen LogP contribution in [0.5, 0.6) is 0 Å². The Hall–Kier alpha value is -0.120. The Balaban J connectivity index is 1.43. The molecule has 0 amide bonds. The van der Waals surface area contributed by atoms with Crippen LogP contribution in [0.3, 0.4) is 0 Å². The summed E-state index contributed by atoms with van der Waals surface area (Å²) in [7, 11) is 0. The third kappa shape index (κ3) is 2.59. The summed E-state index contributed by atoms with van der Waals surface area (Å²) in [6.45, 7) is 20.4. The highest BCUT2D eigenvalue weighted by Gasteiger charge is 2.75. The monoisotopic (exact) mass is 458 g/mol. The van der Waals surface area contributed by atoms with E-state index in [-0.39, 0.29) is 17.1 Å². The van der Waals surface area contributed by atoms with E-state index in [1.54, 1.807) is 0 Å². The normalized spacial score (nSPS) is 59.4. The van der Waals surface area contributed by atoms with Crippen LogP contribution in [-0.2, 0) is 14.5 Å². The van der Waals surface area contributed by atoms with Crippen molar-refractivity contribution in [3.8, 4) is 0 Å². The van der Waals surface area contributed by atoms with E-state index < -0.39 is 5.79 Å². The molecule has 10 unspecified atom stereocenters. The van der Waals surface area contributed by atoms with Gasteiger partial charge in [0.15, 0.2) is 6.29 Å². The molecule has 10 atom stereocenters. The van der Waals surface area contributed by atoms with Gasteiger partial charge in [-0.15, -0.1) is 0 Å². The number of ether oxygens (including phenoxy) is 1. The van der Waals surface area contributed by atoms with Crippen molar-refractivity contribution in [1.82, 2.24) is 0 Å². The Morgan fingerprint density at radius 3 is 2.06 bits per heavy atom. The van der Waals surface area contributed by atoms with Crippen molar-refractivity contribution < 1.29 is 14.5 Å². The van der Waals surface area contributed by atoms with Crippen LogP contribution in [0.1, 0.15) is 120 Å². The second-order valence-corrected chi connectivity index (χ2v) is 15.3. The molecule has 6 aliphatic rings. The molecule has 0 N–H and O–H groups in total. The minimum Gasteiger partial charge on any atom is -0.314 e. The van der Waals surface area contributed by atoms with E-state index in [9.17, 15) is 0 Å². The van der Waals surface area contributed by atoms with Crippen LogP contribution in [0.4, 0.5) is 0 Å². The zero-order valence-electron chi connectivity index (χ0n) is 22.8. The van der Waals surface area contributed by atoms with Crippen LogP contribution < -0.4 is 0 Å². The quantitative estimate of drug-likeness (QED) is 0.371. The Bertz CT molecular complexity index is 821. The first-order valence-corrected chi connectivity index (χ1v) is 14.4. The van der Waals surface area contributed by atoms with Gasteiger partial charge in [0.05, 0.1) is 0 Å². The minimum absolute atomic E-state index is 0.00863. The molecule has 0 aromatic rings. The lowest BCUT2D eigenvalue weighted by atomic mass is 9.34. The maximum atomic E-state index is 6.85. The van der Waals surface area contributed by atoms with Crippen LogP contribution in [0.2, 0.25) is 0 Å². The third-order valence-corrected chi connectivity index (χ3v) is 13.7. The summed E-state index contributed by atoms with van der Waals surface area (Å²) in [5, 5.41) is 0. The first-order chi connectivity index (χ1) is 15.3. The minimum atomic E-state index is -0.567. The van der Waals surface area contributed by atoms with Crippen molar-refractivity contribution in [3.63, 3.8) is 0 Å². The van der Waals surface area contributed by atoms with Crippen LogP contribution >= 0.6 is 0 Å². The smallest absolute Gasteiger partial charge is 0.212 e. The van der Waals surface area contributed by atoms with E-state index in [0.717, 1.165) is 30.6 Å². The fraction of sp³-hybridized carbons (Fsp3) is 1.00. The molecule has 2 aliphatic heterocycles. The maximum Gasteiger partial charge on any atom is 0.212 e. The highest BCUT2D eigenvalue weighted by atomic mass is 17.3. The molecular formula is C30H50O3. The van der Waals surface area contributed by atoms with E-state index in [2.05, 4.69) is 55.4 Å². The van der Waals surface area contributed by atoms with Gasteiger partial charge >= 0.3 is 0 Å². The fourth-order valence-electron chi connectivity index (χ4n) is 11.8.